The molecular formula is C28H32N4O3. The molecule has 0 saturated carbocycles. The molecular weight excluding hydrogens is 440 g/mol. The number of fused-ring (bicyclic) bond motifs is 1. The maximum absolute atomic E-state index is 12.6. The van der Waals surface area contributed by atoms with Crippen molar-refractivity contribution in [2.75, 3.05) is 13.7 Å². The first-order chi connectivity index (χ1) is 16.9. The molecule has 1 amide bonds. The molecule has 4 aromatic rings. The van der Waals surface area contributed by atoms with Crippen molar-refractivity contribution in [1.82, 2.24) is 20.1 Å². The van der Waals surface area contributed by atoms with Crippen LogP contribution < -0.4 is 14.8 Å². The number of carbonyl (C=O) groups excluding carboxylic acids is 1. The molecule has 0 unspecified atom stereocenters. The molecule has 0 saturated heterocycles. The van der Waals surface area contributed by atoms with Crippen molar-refractivity contribution in [3.05, 3.63) is 76.5 Å². The number of aryl methyl sites for hydroxylation is 3. The van der Waals surface area contributed by atoms with Crippen molar-refractivity contribution in [2.45, 2.75) is 47.1 Å². The number of hydrogen-bond donors (Lipinski definition) is 1. The van der Waals surface area contributed by atoms with Crippen LogP contribution in [0.2, 0.25) is 0 Å². The first-order valence-electron chi connectivity index (χ1n) is 11.9. The molecule has 0 spiro atoms. The lowest BCUT2D eigenvalue weighted by Gasteiger charge is -2.14. The number of benzene rings is 2. The van der Waals surface area contributed by atoms with Crippen molar-refractivity contribution in [1.29, 1.82) is 0 Å². The van der Waals surface area contributed by atoms with Gasteiger partial charge >= 0.3 is 0 Å². The Morgan fingerprint density at radius 3 is 2.49 bits per heavy atom. The summed E-state index contributed by atoms with van der Waals surface area (Å²) in [4.78, 5) is 17.5. The van der Waals surface area contributed by atoms with E-state index in [9.17, 15) is 4.79 Å². The van der Waals surface area contributed by atoms with Crippen LogP contribution in [0.15, 0.2) is 48.5 Å². The van der Waals surface area contributed by atoms with Crippen LogP contribution in [0, 0.1) is 20.8 Å². The Bertz CT molecular complexity index is 1340. The number of aromatic nitrogens is 3. The highest BCUT2D eigenvalue weighted by Gasteiger charge is 2.21. The van der Waals surface area contributed by atoms with Crippen LogP contribution in [0.3, 0.4) is 0 Å². The molecule has 2 heterocycles. The molecule has 0 aliphatic carbocycles. The van der Waals surface area contributed by atoms with Crippen LogP contribution in [0.5, 0.6) is 11.6 Å². The Hall–Kier alpha value is -3.87. The minimum absolute atomic E-state index is 0.0184. The normalized spacial score (nSPS) is 11.0. The van der Waals surface area contributed by atoms with E-state index in [1.165, 1.54) is 0 Å². The van der Waals surface area contributed by atoms with Crippen molar-refractivity contribution >= 4 is 16.9 Å². The van der Waals surface area contributed by atoms with E-state index >= 15 is 0 Å². The number of nitrogens with zero attached hydrogens (tertiary/aromatic N) is 3. The van der Waals surface area contributed by atoms with Gasteiger partial charge in [0.05, 0.1) is 25.1 Å². The minimum atomic E-state index is -0.0184. The van der Waals surface area contributed by atoms with Crippen molar-refractivity contribution in [3.8, 4) is 17.3 Å². The molecule has 7 heteroatoms. The fourth-order valence-corrected chi connectivity index (χ4v) is 4.32. The topological polar surface area (TPSA) is 78.3 Å². The average molecular weight is 473 g/mol. The third-order valence-electron chi connectivity index (χ3n) is 6.20. The number of pyridine rings is 1. The summed E-state index contributed by atoms with van der Waals surface area (Å²) in [5.74, 6) is 1.34. The van der Waals surface area contributed by atoms with E-state index in [0.717, 1.165) is 50.4 Å². The molecule has 0 aliphatic rings. The molecule has 1 N–H and O–H groups in total. The highest BCUT2D eigenvalue weighted by molar-refractivity contribution is 5.86. The highest BCUT2D eigenvalue weighted by Crippen LogP contribution is 2.32. The average Bonchev–Trinajstić information content (AvgIpc) is 3.19. The second kappa shape index (κ2) is 10.6. The fourth-order valence-electron chi connectivity index (χ4n) is 4.32. The van der Waals surface area contributed by atoms with E-state index in [-0.39, 0.29) is 5.91 Å². The molecule has 0 fully saturated rings. The Balaban J connectivity index is 1.58. The van der Waals surface area contributed by atoms with Crippen LogP contribution in [-0.4, -0.2) is 34.4 Å². The number of nitrogens with one attached hydrogen (secondary N) is 1. The van der Waals surface area contributed by atoms with E-state index in [0.29, 0.717) is 31.9 Å². The quantitative estimate of drug-likeness (QED) is 0.371. The number of ether oxygens (including phenoxy) is 2. The van der Waals surface area contributed by atoms with Gasteiger partial charge in [0, 0.05) is 23.9 Å². The second-order valence-electron chi connectivity index (χ2n) is 8.56. The Morgan fingerprint density at radius 1 is 1.06 bits per heavy atom. The molecule has 0 radical (unpaired) electrons. The fraction of sp³-hybridized carbons (Fsp3) is 0.321. The summed E-state index contributed by atoms with van der Waals surface area (Å²) in [6, 6.07) is 15.8. The molecule has 2 aromatic carbocycles. The molecule has 182 valence electrons. The van der Waals surface area contributed by atoms with Gasteiger partial charge in [0.1, 0.15) is 5.75 Å². The van der Waals surface area contributed by atoms with E-state index in [1.54, 1.807) is 7.11 Å². The third-order valence-corrected chi connectivity index (χ3v) is 6.20. The zero-order valence-corrected chi connectivity index (χ0v) is 21.0. The van der Waals surface area contributed by atoms with Crippen molar-refractivity contribution in [3.63, 3.8) is 0 Å². The number of para-hydroxylation sites is 1. The highest BCUT2D eigenvalue weighted by atomic mass is 16.5. The second-order valence-corrected chi connectivity index (χ2v) is 8.56. The van der Waals surface area contributed by atoms with E-state index < -0.39 is 0 Å². The number of amides is 1. The zero-order chi connectivity index (χ0) is 24.9. The summed E-state index contributed by atoms with van der Waals surface area (Å²) in [6.07, 6.45) is 0.878. The van der Waals surface area contributed by atoms with Gasteiger partial charge in [-0.3, -0.25) is 4.79 Å². The number of carbonyl (C=O) groups is 1. The molecule has 4 rings (SSSR count). The van der Waals surface area contributed by atoms with Gasteiger partial charge in [-0.05, 0) is 69.0 Å². The maximum atomic E-state index is 12.6. The lowest BCUT2D eigenvalue weighted by molar-refractivity contribution is -0.121. The van der Waals surface area contributed by atoms with E-state index in [4.69, 9.17) is 19.6 Å². The predicted molar refractivity (Wildman–Crippen MR) is 137 cm³/mol. The van der Waals surface area contributed by atoms with Crippen LogP contribution in [0.4, 0.5) is 0 Å². The first kappa shape index (κ1) is 24.3. The van der Waals surface area contributed by atoms with Crippen molar-refractivity contribution in [2.24, 2.45) is 0 Å². The lowest BCUT2D eigenvalue weighted by atomic mass is 10.0. The Morgan fingerprint density at radius 2 is 1.80 bits per heavy atom. The summed E-state index contributed by atoms with van der Waals surface area (Å²) in [5, 5.41) is 8.81. The lowest BCUT2D eigenvalue weighted by Crippen LogP contribution is -2.23. The van der Waals surface area contributed by atoms with Gasteiger partial charge in [-0.25, -0.2) is 4.68 Å². The van der Waals surface area contributed by atoms with Gasteiger partial charge in [-0.15, -0.1) is 0 Å². The van der Waals surface area contributed by atoms with Gasteiger partial charge < -0.3 is 14.8 Å². The van der Waals surface area contributed by atoms with Gasteiger partial charge in [0.2, 0.25) is 11.8 Å². The van der Waals surface area contributed by atoms with Gasteiger partial charge in [0.25, 0.3) is 0 Å². The van der Waals surface area contributed by atoms with Crippen molar-refractivity contribution < 1.29 is 14.3 Å². The smallest absolute Gasteiger partial charge is 0.220 e. The standard InChI is InChI=1S/C28H32N4O3/c1-6-35-28-23(15-16-25(33)29-17-21-11-13-22(34-5)14-12-21)19(3)26-20(4)31-32(27(26)30-28)24-10-8-7-9-18(24)2/h7-14H,6,15-17H2,1-5H3,(H,29,33). The summed E-state index contributed by atoms with van der Waals surface area (Å²) >= 11 is 0. The van der Waals surface area contributed by atoms with Crippen LogP contribution >= 0.6 is 0 Å². The first-order valence-corrected chi connectivity index (χ1v) is 11.9. The van der Waals surface area contributed by atoms with Crippen LogP contribution in [-0.2, 0) is 17.8 Å². The third kappa shape index (κ3) is 5.14. The Labute approximate surface area is 206 Å². The van der Waals surface area contributed by atoms with Gasteiger partial charge in [-0.1, -0.05) is 30.3 Å². The maximum Gasteiger partial charge on any atom is 0.220 e. The number of methoxy groups -OCH3 is 1. The van der Waals surface area contributed by atoms with E-state index in [1.807, 2.05) is 61.0 Å². The molecule has 2 aromatic heterocycles. The molecule has 7 nitrogen and oxygen atoms in total. The van der Waals surface area contributed by atoms with Gasteiger partial charge in [0.15, 0.2) is 5.65 Å². The van der Waals surface area contributed by atoms with E-state index in [2.05, 4.69) is 25.2 Å². The predicted octanol–water partition coefficient (Wildman–Crippen LogP) is 5.00. The molecule has 0 atom stereocenters. The minimum Gasteiger partial charge on any atom is -0.497 e. The summed E-state index contributed by atoms with van der Waals surface area (Å²) in [7, 11) is 1.64. The SMILES string of the molecule is CCOc1nc2c(c(C)nn2-c2ccccc2C)c(C)c1CCC(=O)NCc1ccc(OC)cc1. The zero-order valence-electron chi connectivity index (χ0n) is 21.0. The summed E-state index contributed by atoms with van der Waals surface area (Å²) < 4.78 is 13.0. The number of rotatable bonds is 9. The molecule has 0 bridgehead atoms. The largest absolute Gasteiger partial charge is 0.497 e. The molecule has 0 aliphatic heterocycles. The van der Waals surface area contributed by atoms with Gasteiger partial charge in [-0.2, -0.15) is 10.1 Å². The Kier molecular flexibility index (Phi) is 7.34. The summed E-state index contributed by atoms with van der Waals surface area (Å²) in [5.41, 5.74) is 6.81. The summed E-state index contributed by atoms with van der Waals surface area (Å²) in [6.45, 7) is 9.03. The van der Waals surface area contributed by atoms with Crippen LogP contribution in [0.1, 0.15) is 41.3 Å². The van der Waals surface area contributed by atoms with Crippen LogP contribution in [0.25, 0.3) is 16.7 Å². The number of hydrogen-bond acceptors (Lipinski definition) is 5. The monoisotopic (exact) mass is 472 g/mol. The molecule has 35 heavy (non-hydrogen) atoms.